The first kappa shape index (κ1) is 19.0. The fraction of sp³-hybridized carbons (Fsp3) is 0.500. The van der Waals surface area contributed by atoms with Gasteiger partial charge in [0.05, 0.1) is 17.3 Å². The van der Waals surface area contributed by atoms with Gasteiger partial charge >= 0.3 is 0 Å². The quantitative estimate of drug-likeness (QED) is 0.828. The molecule has 3 N–H and O–H groups in total. The first-order valence-corrected chi connectivity index (χ1v) is 8.50. The summed E-state index contributed by atoms with van der Waals surface area (Å²) in [7, 11) is 1.48. The number of rotatable bonds is 5. The number of carbonyl (C=O) groups is 2. The minimum atomic E-state index is -0.775. The van der Waals surface area contributed by atoms with Crippen LogP contribution in [0.3, 0.4) is 0 Å². The molecular weight excluding hydrogens is 353 g/mol. The third kappa shape index (κ3) is 4.60. The number of amides is 2. The van der Waals surface area contributed by atoms with E-state index in [0.717, 1.165) is 12.8 Å². The number of piperidine rings is 1. The molecule has 8 heteroatoms. The van der Waals surface area contributed by atoms with Gasteiger partial charge in [0, 0.05) is 18.7 Å². The summed E-state index contributed by atoms with van der Waals surface area (Å²) < 4.78 is 4.93. The van der Waals surface area contributed by atoms with Crippen molar-refractivity contribution in [2.75, 3.05) is 25.6 Å². The highest BCUT2D eigenvalue weighted by atomic mass is 35.5. The summed E-state index contributed by atoms with van der Waals surface area (Å²) in [6.45, 7) is 0.620. The largest absolute Gasteiger partial charge is 0.383 e. The molecule has 0 bridgehead atoms. The van der Waals surface area contributed by atoms with E-state index in [0.29, 0.717) is 28.7 Å². The molecule has 1 heterocycles. The lowest BCUT2D eigenvalue weighted by Gasteiger charge is -2.36. The van der Waals surface area contributed by atoms with Crippen molar-refractivity contribution >= 4 is 40.7 Å². The number of carbonyl (C=O) groups excluding carboxylic acids is 2. The lowest BCUT2D eigenvalue weighted by molar-refractivity contribution is -0.142. The second-order valence-electron chi connectivity index (χ2n) is 5.72. The van der Waals surface area contributed by atoms with Gasteiger partial charge in [-0.3, -0.25) is 9.59 Å². The standard InChI is InChI=1S/C16H21Cl2N3O3/c1-24-9-12(19)16(23)21-7-3-2-4-14(21)15(22)20-13-6-5-10(17)8-11(13)18/h5-6,8,12,14H,2-4,7,9,19H2,1H3,(H,20,22). The molecular formula is C16H21Cl2N3O3. The van der Waals surface area contributed by atoms with Crippen LogP contribution in [0.2, 0.25) is 10.0 Å². The molecule has 1 saturated heterocycles. The van der Waals surface area contributed by atoms with Gasteiger partial charge in [0.1, 0.15) is 12.1 Å². The van der Waals surface area contributed by atoms with Gasteiger partial charge in [-0.05, 0) is 37.5 Å². The molecule has 6 nitrogen and oxygen atoms in total. The van der Waals surface area contributed by atoms with Crippen molar-refractivity contribution in [3.8, 4) is 0 Å². The van der Waals surface area contributed by atoms with Crippen molar-refractivity contribution in [3.63, 3.8) is 0 Å². The maximum atomic E-state index is 12.6. The lowest BCUT2D eigenvalue weighted by atomic mass is 10.00. The molecule has 1 fully saturated rings. The summed E-state index contributed by atoms with van der Waals surface area (Å²) in [5, 5.41) is 3.60. The van der Waals surface area contributed by atoms with Crippen LogP contribution in [0.25, 0.3) is 0 Å². The molecule has 24 heavy (non-hydrogen) atoms. The highest BCUT2D eigenvalue weighted by molar-refractivity contribution is 6.36. The molecule has 0 aliphatic carbocycles. The Kier molecular flexibility index (Phi) is 6.86. The third-order valence-electron chi connectivity index (χ3n) is 3.94. The first-order chi connectivity index (χ1) is 11.4. The summed E-state index contributed by atoms with van der Waals surface area (Å²) in [6.07, 6.45) is 2.30. The summed E-state index contributed by atoms with van der Waals surface area (Å²) in [5.41, 5.74) is 6.29. The van der Waals surface area contributed by atoms with E-state index in [1.807, 2.05) is 0 Å². The van der Waals surface area contributed by atoms with Crippen LogP contribution in [0.15, 0.2) is 18.2 Å². The average molecular weight is 374 g/mol. The molecule has 2 amide bonds. The minimum Gasteiger partial charge on any atom is -0.383 e. The Morgan fingerprint density at radius 2 is 2.17 bits per heavy atom. The van der Waals surface area contributed by atoms with Gasteiger partial charge in [-0.2, -0.15) is 0 Å². The Labute approximate surface area is 151 Å². The number of halogens is 2. The zero-order valence-electron chi connectivity index (χ0n) is 13.4. The summed E-state index contributed by atoms with van der Waals surface area (Å²) in [4.78, 5) is 26.6. The minimum absolute atomic E-state index is 0.118. The monoisotopic (exact) mass is 373 g/mol. The normalized spacial score (nSPS) is 19.0. The van der Waals surface area contributed by atoms with Gasteiger partial charge in [-0.1, -0.05) is 23.2 Å². The lowest BCUT2D eigenvalue weighted by Crippen LogP contribution is -2.55. The van der Waals surface area contributed by atoms with E-state index in [1.165, 1.54) is 12.0 Å². The Morgan fingerprint density at radius 1 is 1.42 bits per heavy atom. The van der Waals surface area contributed by atoms with Crippen LogP contribution in [0.1, 0.15) is 19.3 Å². The zero-order chi connectivity index (χ0) is 17.7. The third-order valence-corrected chi connectivity index (χ3v) is 4.49. The van der Waals surface area contributed by atoms with Crippen LogP contribution < -0.4 is 11.1 Å². The van der Waals surface area contributed by atoms with Crippen molar-refractivity contribution in [2.24, 2.45) is 5.73 Å². The number of ether oxygens (including phenoxy) is 1. The number of anilines is 1. The summed E-state index contributed by atoms with van der Waals surface area (Å²) in [6, 6.07) is 3.48. The molecule has 2 unspecified atom stereocenters. The van der Waals surface area contributed by atoms with Gasteiger partial charge in [-0.15, -0.1) is 0 Å². The molecule has 1 aliphatic heterocycles. The van der Waals surface area contributed by atoms with Crippen LogP contribution in [0, 0.1) is 0 Å². The maximum Gasteiger partial charge on any atom is 0.247 e. The second kappa shape index (κ2) is 8.67. The van der Waals surface area contributed by atoms with Crippen LogP contribution in [-0.2, 0) is 14.3 Å². The number of likely N-dealkylation sites (tertiary alicyclic amines) is 1. The van der Waals surface area contributed by atoms with Crippen molar-refractivity contribution in [2.45, 2.75) is 31.3 Å². The predicted molar refractivity (Wildman–Crippen MR) is 94.3 cm³/mol. The zero-order valence-corrected chi connectivity index (χ0v) is 14.9. The number of benzene rings is 1. The summed E-state index contributed by atoms with van der Waals surface area (Å²) in [5.74, 6) is -0.559. The molecule has 1 aromatic rings. The van der Waals surface area contributed by atoms with Gasteiger partial charge in [-0.25, -0.2) is 0 Å². The molecule has 1 aromatic carbocycles. The Morgan fingerprint density at radius 3 is 2.83 bits per heavy atom. The SMILES string of the molecule is COCC(N)C(=O)N1CCCCC1C(=O)Nc1ccc(Cl)cc1Cl. The predicted octanol–water partition coefficient (Wildman–Crippen LogP) is 2.29. The molecule has 132 valence electrons. The smallest absolute Gasteiger partial charge is 0.247 e. The molecule has 2 atom stereocenters. The van der Waals surface area contributed by atoms with E-state index >= 15 is 0 Å². The fourth-order valence-electron chi connectivity index (χ4n) is 2.74. The Balaban J connectivity index is 2.11. The molecule has 1 aliphatic rings. The van der Waals surface area contributed by atoms with Crippen molar-refractivity contribution in [1.29, 1.82) is 0 Å². The van der Waals surface area contributed by atoms with E-state index in [-0.39, 0.29) is 18.4 Å². The van der Waals surface area contributed by atoms with E-state index in [4.69, 9.17) is 33.7 Å². The Hall–Kier alpha value is -1.34. The van der Waals surface area contributed by atoms with E-state index in [1.54, 1.807) is 18.2 Å². The highest BCUT2D eigenvalue weighted by Gasteiger charge is 2.34. The number of hydrogen-bond donors (Lipinski definition) is 2. The van der Waals surface area contributed by atoms with Crippen LogP contribution >= 0.6 is 23.2 Å². The molecule has 0 saturated carbocycles. The van der Waals surface area contributed by atoms with Crippen LogP contribution in [0.5, 0.6) is 0 Å². The van der Waals surface area contributed by atoms with Crippen molar-refractivity contribution in [1.82, 2.24) is 4.90 Å². The van der Waals surface area contributed by atoms with Crippen LogP contribution in [-0.4, -0.2) is 49.1 Å². The Bertz CT molecular complexity index is 612. The second-order valence-corrected chi connectivity index (χ2v) is 6.56. The van der Waals surface area contributed by atoms with Gasteiger partial charge in [0.15, 0.2) is 0 Å². The summed E-state index contributed by atoms with van der Waals surface area (Å²) >= 11 is 11.9. The average Bonchev–Trinajstić information content (AvgIpc) is 2.57. The van der Waals surface area contributed by atoms with Crippen molar-refractivity contribution < 1.29 is 14.3 Å². The number of nitrogens with one attached hydrogen (secondary N) is 1. The van der Waals surface area contributed by atoms with Gasteiger partial charge in [0.2, 0.25) is 11.8 Å². The van der Waals surface area contributed by atoms with Gasteiger partial charge in [0.25, 0.3) is 0 Å². The molecule has 0 aromatic heterocycles. The van der Waals surface area contributed by atoms with E-state index < -0.39 is 12.1 Å². The number of methoxy groups -OCH3 is 1. The van der Waals surface area contributed by atoms with E-state index in [2.05, 4.69) is 5.32 Å². The molecule has 0 radical (unpaired) electrons. The highest BCUT2D eigenvalue weighted by Crippen LogP contribution is 2.27. The van der Waals surface area contributed by atoms with Gasteiger partial charge < -0.3 is 20.7 Å². The fourth-order valence-corrected chi connectivity index (χ4v) is 3.19. The van der Waals surface area contributed by atoms with Crippen molar-refractivity contribution in [3.05, 3.63) is 28.2 Å². The topological polar surface area (TPSA) is 84.7 Å². The maximum absolute atomic E-state index is 12.6. The number of nitrogens with zero attached hydrogens (tertiary/aromatic N) is 1. The molecule has 0 spiro atoms. The number of hydrogen-bond acceptors (Lipinski definition) is 4. The molecule has 2 rings (SSSR count). The first-order valence-electron chi connectivity index (χ1n) is 7.75. The van der Waals surface area contributed by atoms with E-state index in [9.17, 15) is 9.59 Å². The van der Waals surface area contributed by atoms with Crippen LogP contribution in [0.4, 0.5) is 5.69 Å². The number of nitrogens with two attached hydrogens (primary N) is 1.